The number of carboxylic acid groups (broad SMARTS) is 2. The number of unbranched alkanes of at least 4 members (excludes halogenated alkanes) is 15. The van der Waals surface area contributed by atoms with Gasteiger partial charge in [0.05, 0.1) is 37.0 Å². The molecule has 1 saturated heterocycles. The molecule has 1 heterocycles. The van der Waals surface area contributed by atoms with Crippen LogP contribution in [0.1, 0.15) is 168 Å². The van der Waals surface area contributed by atoms with Gasteiger partial charge in [0.2, 0.25) is 47.3 Å². The zero-order valence-electron chi connectivity index (χ0n) is 51.4. The molecule has 1 fully saturated rings. The van der Waals surface area contributed by atoms with Gasteiger partial charge in [-0.05, 0) is 72.0 Å². The number of halogens is 1. The van der Waals surface area contributed by atoms with Crippen molar-refractivity contribution in [1.82, 2.24) is 47.9 Å². The number of carboxylic acids is 2. The minimum absolute atomic E-state index is 0.0459. The topological polar surface area (TPSA) is 522 Å². The molecule has 508 valence electrons. The number of aliphatic hydroxyl groups is 4. The molecule has 0 aromatic carbocycles. The molecule has 0 bridgehead atoms. The van der Waals surface area contributed by atoms with E-state index < -0.39 is 188 Å². The first kappa shape index (κ1) is 80.4. The van der Waals surface area contributed by atoms with Crippen LogP contribution in [0.2, 0.25) is 0 Å². The number of amides is 9. The highest BCUT2D eigenvalue weighted by Crippen LogP contribution is 2.16. The van der Waals surface area contributed by atoms with Crippen molar-refractivity contribution in [2.24, 2.45) is 17.2 Å². The summed E-state index contributed by atoms with van der Waals surface area (Å²) in [5, 5.41) is 82.5. The lowest BCUT2D eigenvalue weighted by Gasteiger charge is -2.29. The second-order valence-electron chi connectivity index (χ2n) is 22.0. The average Bonchev–Trinajstić information content (AvgIpc) is 2.67. The molecule has 1 aliphatic rings. The Morgan fingerprint density at radius 2 is 1.06 bits per heavy atom. The van der Waals surface area contributed by atoms with E-state index in [1.54, 1.807) is 0 Å². The second kappa shape index (κ2) is 45.6. The van der Waals surface area contributed by atoms with Crippen LogP contribution in [0.25, 0.3) is 0 Å². The van der Waals surface area contributed by atoms with E-state index in [9.17, 15) is 88.2 Å². The van der Waals surface area contributed by atoms with Crippen molar-refractivity contribution in [2.75, 3.05) is 32.1 Å². The number of hydrogen-bond donors (Lipinski definition) is 18. The maximum atomic E-state index is 14.2. The maximum Gasteiger partial charge on any atom is 0.335 e. The molecular weight excluding hydrogens is 1190 g/mol. The predicted octanol–water partition coefficient (Wildman–Crippen LogP) is -2.82. The second-order valence-corrected chi connectivity index (χ2v) is 22.3. The van der Waals surface area contributed by atoms with Gasteiger partial charge in [-0.1, -0.05) is 109 Å². The summed E-state index contributed by atoms with van der Waals surface area (Å²) >= 11 is 5.91. The number of aliphatic hydroxyl groups excluding tert-OH is 4. The van der Waals surface area contributed by atoms with Gasteiger partial charge in [-0.15, -0.1) is 11.6 Å². The summed E-state index contributed by atoms with van der Waals surface area (Å²) in [7, 11) is 0. The zero-order valence-corrected chi connectivity index (χ0v) is 52.2. The van der Waals surface area contributed by atoms with E-state index in [1.165, 1.54) is 64.7 Å². The van der Waals surface area contributed by atoms with E-state index in [0.717, 1.165) is 45.1 Å². The summed E-state index contributed by atoms with van der Waals surface area (Å²) in [6.45, 7) is 2.66. The van der Waals surface area contributed by atoms with Crippen molar-refractivity contribution in [1.29, 1.82) is 0 Å². The number of carbonyl (C=O) groups is 12. The lowest BCUT2D eigenvalue weighted by molar-refractivity contribution is -0.153. The fourth-order valence-electron chi connectivity index (χ4n) is 9.29. The third-order valence-electron chi connectivity index (χ3n) is 14.5. The van der Waals surface area contributed by atoms with Crippen LogP contribution in [0.5, 0.6) is 0 Å². The van der Waals surface area contributed by atoms with E-state index in [-0.39, 0.29) is 45.3 Å². The number of hydrogen-bond acceptors (Lipinski definition) is 20. The smallest absolute Gasteiger partial charge is 0.335 e. The lowest BCUT2D eigenvalue weighted by atomic mass is 10.0. The summed E-state index contributed by atoms with van der Waals surface area (Å²) in [6.07, 6.45) is 7.39. The minimum atomic E-state index is -2.77. The number of nitrogens with two attached hydrogens (primary N) is 3. The van der Waals surface area contributed by atoms with Crippen molar-refractivity contribution < 1.29 is 92.9 Å². The molecule has 0 spiro atoms. The van der Waals surface area contributed by atoms with Crippen LogP contribution in [-0.2, 0) is 62.3 Å². The predicted molar refractivity (Wildman–Crippen MR) is 323 cm³/mol. The van der Waals surface area contributed by atoms with Crippen LogP contribution in [0.15, 0.2) is 11.8 Å². The maximum absolute atomic E-state index is 14.2. The van der Waals surface area contributed by atoms with E-state index in [0.29, 0.717) is 6.42 Å². The highest BCUT2D eigenvalue weighted by molar-refractivity contribution is 6.18. The molecule has 1 rings (SSSR count). The van der Waals surface area contributed by atoms with E-state index >= 15 is 0 Å². The van der Waals surface area contributed by atoms with Gasteiger partial charge in [-0.25, -0.2) is 9.59 Å². The summed E-state index contributed by atoms with van der Waals surface area (Å²) in [4.78, 5) is 163. The molecule has 9 amide bonds. The molecule has 31 nitrogen and oxygen atoms in total. The van der Waals surface area contributed by atoms with Crippen molar-refractivity contribution in [3.63, 3.8) is 0 Å². The highest BCUT2D eigenvalue weighted by Gasteiger charge is 2.40. The average molecular weight is 1290 g/mol. The SMILES string of the molecule is C/C=C1/NC(=O)C([C@H](C)O)NC(=O)[C@H](CCN)NC(=O)C([C@H](O)C(=O)O)NC(=O)C(CCCCN)NC(=O)[C@H](CC(=O)O)NC(=O)C(CCN)NC(=O)C(NC(=O)C[C@H](O)CCCCCCCCCCCCCCCCC)COC(=O)C([C@H](O)CCl)NC1=O. The number of cyclic esters (lactones) is 1. The van der Waals surface area contributed by atoms with Crippen molar-refractivity contribution in [3.8, 4) is 0 Å². The van der Waals surface area contributed by atoms with E-state index in [2.05, 4.69) is 49.5 Å². The molecule has 12 atom stereocenters. The molecule has 6 unspecified atom stereocenters. The molecular formula is C57H99ClN12O19. The molecule has 89 heavy (non-hydrogen) atoms. The Balaban J connectivity index is 3.79. The van der Waals surface area contributed by atoms with E-state index in [4.69, 9.17) is 33.5 Å². The molecule has 0 aromatic rings. The summed E-state index contributed by atoms with van der Waals surface area (Å²) in [5.41, 5.74) is 16.5. The number of ether oxygens (including phenoxy) is 1. The number of nitrogens with one attached hydrogen (secondary N) is 9. The summed E-state index contributed by atoms with van der Waals surface area (Å²) < 4.78 is 5.36. The fourth-order valence-corrected chi connectivity index (χ4v) is 9.47. The Hall–Kier alpha value is -6.61. The molecule has 0 radical (unpaired) electrons. The molecule has 0 aliphatic carbocycles. The standard InChI is InChI=1S/C57H99ClN12O19/c1-4-6-7-8-9-10-11-12-13-14-15-16-17-18-19-22-34(72)29-42(74)62-40-32-89-57(88)45(41(73)31-58)69-48(78)35(5-2)63-54(84)44(33(3)71)68-51(81)38(25-28-61)66-55(85)46(47(77)56(86)87)70-50(80)36(23-20-21-26-59)64-52(82)39(30-43(75)76)67-49(79)37(24-27-60)65-53(40)83/h5,33-34,36-41,44-47,71-73,77H,4,6-32,59-61H2,1-3H3,(H,62,74)(H,63,84)(H,64,82)(H,65,83)(H,66,85)(H,67,79)(H,68,81)(H,69,78)(H,70,80)(H,75,76)(H,86,87)/b35-5+/t33-,34+,36?,37?,38-,39-,40?,41+,44?,45?,46?,47-/m0/s1. The molecule has 32 heteroatoms. The van der Waals surface area contributed by atoms with Gasteiger partial charge in [0.15, 0.2) is 12.1 Å². The third kappa shape index (κ3) is 32.1. The van der Waals surface area contributed by atoms with Gasteiger partial charge in [0, 0.05) is 0 Å². The largest absolute Gasteiger partial charge is 0.481 e. The number of rotatable bonds is 34. The zero-order chi connectivity index (χ0) is 67.0. The van der Waals surface area contributed by atoms with Gasteiger partial charge in [-0.2, -0.15) is 0 Å². The highest BCUT2D eigenvalue weighted by atomic mass is 35.5. The Kier molecular flexibility index (Phi) is 41.2. The Morgan fingerprint density at radius 1 is 0.584 bits per heavy atom. The van der Waals surface area contributed by atoms with Crippen LogP contribution < -0.4 is 65.1 Å². The number of esters is 1. The first-order valence-electron chi connectivity index (χ1n) is 30.7. The summed E-state index contributed by atoms with van der Waals surface area (Å²) in [6, 6.07) is -16.0. The minimum Gasteiger partial charge on any atom is -0.481 e. The monoisotopic (exact) mass is 1290 g/mol. The number of allylic oxidation sites excluding steroid dienone is 1. The molecule has 0 saturated carbocycles. The quantitative estimate of drug-likeness (QED) is 0.0134. The molecule has 0 aromatic heterocycles. The number of alkyl halides is 1. The van der Waals surface area contributed by atoms with Crippen LogP contribution in [0.4, 0.5) is 0 Å². The lowest BCUT2D eigenvalue weighted by Crippen LogP contribution is -2.63. The van der Waals surface area contributed by atoms with E-state index in [1.807, 2.05) is 5.32 Å². The first-order chi connectivity index (χ1) is 42.3. The van der Waals surface area contributed by atoms with Crippen LogP contribution >= 0.6 is 11.6 Å². The molecule has 21 N–H and O–H groups in total. The summed E-state index contributed by atoms with van der Waals surface area (Å²) in [5.74, 6) is -17.6. The Labute approximate surface area is 524 Å². The fraction of sp³-hybridized carbons (Fsp3) is 0.754. The van der Waals surface area contributed by atoms with Gasteiger partial charge < -0.3 is 100 Å². The van der Waals surface area contributed by atoms with Gasteiger partial charge in [-0.3, -0.25) is 47.9 Å². The third-order valence-corrected chi connectivity index (χ3v) is 14.8. The van der Waals surface area contributed by atoms with Crippen molar-refractivity contribution >= 4 is 82.7 Å². The van der Waals surface area contributed by atoms with Crippen molar-refractivity contribution in [3.05, 3.63) is 11.8 Å². The Morgan fingerprint density at radius 3 is 1.54 bits per heavy atom. The van der Waals surface area contributed by atoms with Gasteiger partial charge in [0.25, 0.3) is 5.91 Å². The van der Waals surface area contributed by atoms with Crippen LogP contribution in [0, 0.1) is 0 Å². The van der Waals surface area contributed by atoms with Gasteiger partial charge in [0.1, 0.15) is 54.6 Å². The Bertz CT molecular complexity index is 2300. The van der Waals surface area contributed by atoms with Crippen LogP contribution in [-0.4, -0.2) is 207 Å². The first-order valence-corrected chi connectivity index (χ1v) is 31.2. The molecule has 1 aliphatic heterocycles. The van der Waals surface area contributed by atoms with Crippen LogP contribution in [0.3, 0.4) is 0 Å². The normalized spacial score (nSPS) is 23.7. The number of aliphatic carboxylic acids is 2. The number of carbonyl (C=O) groups excluding carboxylic acids is 10. The van der Waals surface area contributed by atoms with Gasteiger partial charge >= 0.3 is 17.9 Å². The van der Waals surface area contributed by atoms with Crippen molar-refractivity contribution in [2.45, 2.75) is 241 Å².